The van der Waals surface area contributed by atoms with Crippen molar-refractivity contribution in [2.24, 2.45) is 5.41 Å². The maximum Gasteiger partial charge on any atom is 0.335 e. The van der Waals surface area contributed by atoms with Gasteiger partial charge in [0.15, 0.2) is 0 Å². The van der Waals surface area contributed by atoms with Crippen molar-refractivity contribution < 1.29 is 9.90 Å². The van der Waals surface area contributed by atoms with Crippen molar-refractivity contribution in [2.75, 3.05) is 0 Å². The molecule has 0 atom stereocenters. The van der Waals surface area contributed by atoms with Gasteiger partial charge in [-0.2, -0.15) is 0 Å². The molecule has 90 valence electrons. The van der Waals surface area contributed by atoms with Crippen LogP contribution in [0.3, 0.4) is 0 Å². The van der Waals surface area contributed by atoms with Crippen molar-refractivity contribution in [2.45, 2.75) is 33.1 Å². The van der Waals surface area contributed by atoms with E-state index in [0.717, 1.165) is 18.4 Å². The zero-order valence-electron chi connectivity index (χ0n) is 10.4. The molecule has 0 fully saturated rings. The van der Waals surface area contributed by atoms with Crippen molar-refractivity contribution >= 4 is 11.5 Å². The lowest BCUT2D eigenvalue weighted by atomic mass is 9.76. The van der Waals surface area contributed by atoms with E-state index in [1.165, 1.54) is 12.0 Å². The molecule has 0 radical (unpaired) electrons. The Labute approximate surface area is 102 Å². The summed E-state index contributed by atoms with van der Waals surface area (Å²) in [7, 11) is 0. The van der Waals surface area contributed by atoms with E-state index >= 15 is 0 Å². The first-order valence-corrected chi connectivity index (χ1v) is 6.01. The summed E-state index contributed by atoms with van der Waals surface area (Å²) < 4.78 is 0. The third kappa shape index (κ3) is 2.76. The molecule has 0 heterocycles. The SMILES string of the molecule is CC1(C)CCC=C(c2ccc(C(=O)O)cc2)C1. The van der Waals surface area contributed by atoms with E-state index in [9.17, 15) is 4.79 Å². The molecule has 0 aliphatic heterocycles. The number of allylic oxidation sites excluding steroid dienone is 2. The Balaban J connectivity index is 2.23. The monoisotopic (exact) mass is 230 g/mol. The number of carboxylic acids is 1. The molecule has 2 heteroatoms. The first-order valence-electron chi connectivity index (χ1n) is 6.01. The van der Waals surface area contributed by atoms with E-state index in [-0.39, 0.29) is 0 Å². The van der Waals surface area contributed by atoms with Crippen LogP contribution in [0.2, 0.25) is 0 Å². The number of aromatic carboxylic acids is 1. The fraction of sp³-hybridized carbons (Fsp3) is 0.400. The molecular formula is C15H18O2. The summed E-state index contributed by atoms with van der Waals surface area (Å²) in [5.74, 6) is -0.866. The van der Waals surface area contributed by atoms with Crippen LogP contribution in [-0.4, -0.2) is 11.1 Å². The molecule has 0 unspecified atom stereocenters. The minimum atomic E-state index is -0.866. The van der Waals surface area contributed by atoms with E-state index in [2.05, 4.69) is 19.9 Å². The molecule has 0 amide bonds. The third-order valence-corrected chi connectivity index (χ3v) is 3.38. The predicted molar refractivity (Wildman–Crippen MR) is 69.0 cm³/mol. The van der Waals surface area contributed by atoms with Gasteiger partial charge in [-0.1, -0.05) is 32.1 Å². The van der Waals surface area contributed by atoms with Crippen molar-refractivity contribution in [3.05, 3.63) is 41.5 Å². The highest BCUT2D eigenvalue weighted by Crippen LogP contribution is 2.39. The van der Waals surface area contributed by atoms with Crippen LogP contribution in [0.15, 0.2) is 30.3 Å². The van der Waals surface area contributed by atoms with Gasteiger partial charge in [-0.05, 0) is 47.9 Å². The highest BCUT2D eigenvalue weighted by molar-refractivity contribution is 5.88. The second-order valence-electron chi connectivity index (χ2n) is 5.49. The lowest BCUT2D eigenvalue weighted by Crippen LogP contribution is -2.15. The van der Waals surface area contributed by atoms with E-state index in [0.29, 0.717) is 11.0 Å². The molecule has 0 spiro atoms. The van der Waals surface area contributed by atoms with Gasteiger partial charge in [-0.3, -0.25) is 0 Å². The average Bonchev–Trinajstić information content (AvgIpc) is 2.28. The van der Waals surface area contributed by atoms with Gasteiger partial charge in [-0.15, -0.1) is 0 Å². The van der Waals surface area contributed by atoms with Crippen LogP contribution in [0.1, 0.15) is 49.0 Å². The molecule has 1 aromatic carbocycles. The Bertz CT molecular complexity index is 452. The number of carbonyl (C=O) groups is 1. The third-order valence-electron chi connectivity index (χ3n) is 3.38. The number of carboxylic acid groups (broad SMARTS) is 1. The number of hydrogen-bond acceptors (Lipinski definition) is 1. The Morgan fingerprint density at radius 2 is 1.88 bits per heavy atom. The molecule has 0 bridgehead atoms. The standard InChI is InChI=1S/C15H18O2/c1-15(2)9-3-4-13(10-15)11-5-7-12(8-6-11)14(16)17/h4-8H,3,9-10H2,1-2H3,(H,16,17). The Hall–Kier alpha value is -1.57. The van der Waals surface area contributed by atoms with Gasteiger partial charge in [0.2, 0.25) is 0 Å². The lowest BCUT2D eigenvalue weighted by molar-refractivity contribution is 0.0697. The van der Waals surface area contributed by atoms with E-state index in [4.69, 9.17) is 5.11 Å². The Morgan fingerprint density at radius 1 is 1.24 bits per heavy atom. The minimum absolute atomic E-state index is 0.351. The van der Waals surface area contributed by atoms with E-state index in [1.54, 1.807) is 12.1 Å². The average molecular weight is 230 g/mol. The van der Waals surface area contributed by atoms with Crippen LogP contribution < -0.4 is 0 Å². The molecule has 1 aliphatic carbocycles. The van der Waals surface area contributed by atoms with Crippen LogP contribution in [0, 0.1) is 5.41 Å². The van der Waals surface area contributed by atoms with Crippen LogP contribution in [0.5, 0.6) is 0 Å². The second kappa shape index (κ2) is 4.36. The first kappa shape index (κ1) is 11.9. The van der Waals surface area contributed by atoms with Gasteiger partial charge >= 0.3 is 5.97 Å². The molecule has 0 saturated heterocycles. The zero-order valence-corrected chi connectivity index (χ0v) is 10.4. The highest BCUT2D eigenvalue weighted by atomic mass is 16.4. The minimum Gasteiger partial charge on any atom is -0.478 e. The summed E-state index contributed by atoms with van der Waals surface area (Å²) in [4.78, 5) is 10.8. The summed E-state index contributed by atoms with van der Waals surface area (Å²) in [5.41, 5.74) is 3.21. The Morgan fingerprint density at radius 3 is 2.41 bits per heavy atom. The number of hydrogen-bond donors (Lipinski definition) is 1. The van der Waals surface area contributed by atoms with Gasteiger partial charge in [-0.25, -0.2) is 4.79 Å². The van der Waals surface area contributed by atoms with Crippen molar-refractivity contribution in [3.63, 3.8) is 0 Å². The topological polar surface area (TPSA) is 37.3 Å². The maximum absolute atomic E-state index is 10.8. The van der Waals surface area contributed by atoms with Crippen molar-refractivity contribution in [3.8, 4) is 0 Å². The van der Waals surface area contributed by atoms with Crippen LogP contribution >= 0.6 is 0 Å². The predicted octanol–water partition coefficient (Wildman–Crippen LogP) is 3.98. The smallest absolute Gasteiger partial charge is 0.335 e. The lowest BCUT2D eigenvalue weighted by Gasteiger charge is -2.29. The van der Waals surface area contributed by atoms with Crippen LogP contribution in [-0.2, 0) is 0 Å². The van der Waals surface area contributed by atoms with Crippen molar-refractivity contribution in [1.29, 1.82) is 0 Å². The summed E-state index contributed by atoms with van der Waals surface area (Å²) in [6, 6.07) is 7.19. The molecule has 17 heavy (non-hydrogen) atoms. The normalized spacial score (nSPS) is 18.6. The molecule has 1 N–H and O–H groups in total. The Kier molecular flexibility index (Phi) is 3.05. The molecular weight excluding hydrogens is 212 g/mol. The largest absolute Gasteiger partial charge is 0.478 e. The number of rotatable bonds is 2. The van der Waals surface area contributed by atoms with Gasteiger partial charge < -0.3 is 5.11 Å². The summed E-state index contributed by atoms with van der Waals surface area (Å²) >= 11 is 0. The van der Waals surface area contributed by atoms with Crippen LogP contribution in [0.4, 0.5) is 0 Å². The summed E-state index contributed by atoms with van der Waals surface area (Å²) in [5, 5.41) is 8.85. The van der Waals surface area contributed by atoms with Crippen molar-refractivity contribution in [1.82, 2.24) is 0 Å². The van der Waals surface area contributed by atoms with Gasteiger partial charge in [0.25, 0.3) is 0 Å². The number of benzene rings is 1. The van der Waals surface area contributed by atoms with Crippen LogP contribution in [0.25, 0.3) is 5.57 Å². The summed E-state index contributed by atoms with van der Waals surface area (Å²) in [6.45, 7) is 4.57. The molecule has 1 aromatic rings. The highest BCUT2D eigenvalue weighted by Gasteiger charge is 2.23. The molecule has 1 aliphatic rings. The molecule has 2 nitrogen and oxygen atoms in total. The second-order valence-corrected chi connectivity index (χ2v) is 5.49. The van der Waals surface area contributed by atoms with Gasteiger partial charge in [0, 0.05) is 0 Å². The quantitative estimate of drug-likeness (QED) is 0.834. The molecule has 2 rings (SSSR count). The summed E-state index contributed by atoms with van der Waals surface area (Å²) in [6.07, 6.45) is 5.69. The molecule has 0 aromatic heterocycles. The van der Waals surface area contributed by atoms with E-state index in [1.807, 2.05) is 12.1 Å². The van der Waals surface area contributed by atoms with E-state index < -0.39 is 5.97 Å². The maximum atomic E-state index is 10.8. The fourth-order valence-corrected chi connectivity index (χ4v) is 2.36. The van der Waals surface area contributed by atoms with Gasteiger partial charge in [0.05, 0.1) is 5.56 Å². The molecule has 0 saturated carbocycles. The first-order chi connectivity index (χ1) is 7.98. The van der Waals surface area contributed by atoms with Gasteiger partial charge in [0.1, 0.15) is 0 Å². The fourth-order valence-electron chi connectivity index (χ4n) is 2.36. The zero-order chi connectivity index (χ0) is 12.5.